The van der Waals surface area contributed by atoms with E-state index in [1.807, 2.05) is 30.3 Å². The van der Waals surface area contributed by atoms with Gasteiger partial charge in [-0.3, -0.25) is 19.4 Å². The highest BCUT2D eigenvalue weighted by Gasteiger charge is 2.32. The Bertz CT molecular complexity index is 959. The van der Waals surface area contributed by atoms with Crippen molar-refractivity contribution in [1.82, 2.24) is 25.5 Å². The van der Waals surface area contributed by atoms with Crippen molar-refractivity contribution in [3.8, 4) is 0 Å². The van der Waals surface area contributed by atoms with E-state index < -0.39 is 30.9 Å². The van der Waals surface area contributed by atoms with Crippen LogP contribution in [-0.4, -0.2) is 88.0 Å². The maximum Gasteiger partial charge on any atom is 0.475 e. The lowest BCUT2D eigenvalue weighted by atomic mass is 9.76. The van der Waals surface area contributed by atoms with Crippen LogP contribution in [0.1, 0.15) is 35.3 Å². The summed E-state index contributed by atoms with van der Waals surface area (Å²) >= 11 is 0. The highest BCUT2D eigenvalue weighted by atomic mass is 16.5. The van der Waals surface area contributed by atoms with Crippen molar-refractivity contribution in [2.24, 2.45) is 0 Å². The summed E-state index contributed by atoms with van der Waals surface area (Å²) in [5.41, 5.74) is 1.08. The van der Waals surface area contributed by atoms with Gasteiger partial charge in [0.05, 0.1) is 31.8 Å². The smallest absolute Gasteiger partial charge is 0.426 e. The van der Waals surface area contributed by atoms with E-state index in [-0.39, 0.29) is 18.0 Å². The zero-order chi connectivity index (χ0) is 25.0. The second kappa shape index (κ2) is 13.5. The summed E-state index contributed by atoms with van der Waals surface area (Å²) in [5.74, 6) is -2.65. The lowest BCUT2D eigenvalue weighted by molar-refractivity contribution is -0.138. The van der Waals surface area contributed by atoms with Gasteiger partial charge < -0.3 is 30.3 Å². The first-order valence-corrected chi connectivity index (χ1v) is 11.6. The summed E-state index contributed by atoms with van der Waals surface area (Å²) in [7, 11) is -1.80. The van der Waals surface area contributed by atoms with Crippen LogP contribution in [0.15, 0.2) is 48.9 Å². The SMILES string of the molecule is O=C(NC(CC(=O)N1CCOCC1)C(=O)NC(CCCc1ccccc1)B(O)O)c1cnccn1. The number of carbonyl (C=O) groups excluding carboxylic acids is 3. The fourth-order valence-electron chi connectivity index (χ4n) is 3.72. The van der Waals surface area contributed by atoms with E-state index in [1.165, 1.54) is 18.6 Å². The number of benzene rings is 1. The minimum absolute atomic E-state index is 0.00859. The zero-order valence-corrected chi connectivity index (χ0v) is 19.4. The Balaban J connectivity index is 1.65. The first-order valence-electron chi connectivity index (χ1n) is 11.6. The normalized spacial score (nSPS) is 15.1. The fourth-order valence-corrected chi connectivity index (χ4v) is 3.72. The summed E-state index contributed by atoms with van der Waals surface area (Å²) in [6.07, 6.45) is 5.28. The van der Waals surface area contributed by atoms with Crippen LogP contribution in [0.4, 0.5) is 0 Å². The van der Waals surface area contributed by atoms with E-state index in [0.717, 1.165) is 5.56 Å². The molecule has 0 bridgehead atoms. The Hall–Kier alpha value is -3.35. The topological polar surface area (TPSA) is 154 Å². The summed E-state index contributed by atoms with van der Waals surface area (Å²) in [5, 5.41) is 24.8. The van der Waals surface area contributed by atoms with Crippen LogP contribution >= 0.6 is 0 Å². The Morgan fingerprint density at radius 3 is 2.49 bits per heavy atom. The second-order valence-corrected chi connectivity index (χ2v) is 8.22. The molecule has 0 saturated carbocycles. The van der Waals surface area contributed by atoms with Gasteiger partial charge >= 0.3 is 7.12 Å². The monoisotopic (exact) mass is 483 g/mol. The maximum atomic E-state index is 13.1. The molecule has 2 heterocycles. The third kappa shape index (κ3) is 8.43. The van der Waals surface area contributed by atoms with Gasteiger partial charge in [0.1, 0.15) is 11.7 Å². The summed E-state index contributed by atoms with van der Waals surface area (Å²) in [6.45, 7) is 1.58. The predicted octanol–water partition coefficient (Wildman–Crippen LogP) is -0.656. The number of morpholine rings is 1. The molecule has 1 fully saturated rings. The quantitative estimate of drug-likeness (QED) is 0.308. The van der Waals surface area contributed by atoms with Crippen LogP contribution in [0.25, 0.3) is 0 Å². The number of nitrogens with zero attached hydrogens (tertiary/aromatic N) is 3. The first-order chi connectivity index (χ1) is 16.9. The number of hydrogen-bond donors (Lipinski definition) is 4. The first kappa shape index (κ1) is 26.3. The fraction of sp³-hybridized carbons (Fsp3) is 0.435. The number of aryl methyl sites for hydroxylation is 1. The van der Waals surface area contributed by atoms with E-state index >= 15 is 0 Å². The molecule has 0 aliphatic carbocycles. The van der Waals surface area contributed by atoms with Crippen molar-refractivity contribution in [1.29, 1.82) is 0 Å². The Morgan fingerprint density at radius 1 is 1.09 bits per heavy atom. The molecule has 3 rings (SSSR count). The van der Waals surface area contributed by atoms with Gasteiger partial charge in [-0.05, 0) is 24.8 Å². The van der Waals surface area contributed by atoms with Crippen molar-refractivity contribution >= 4 is 24.8 Å². The molecule has 0 radical (unpaired) electrons. The van der Waals surface area contributed by atoms with Gasteiger partial charge in [0.25, 0.3) is 5.91 Å². The molecule has 1 aliphatic heterocycles. The number of amides is 3. The van der Waals surface area contributed by atoms with E-state index in [4.69, 9.17) is 4.74 Å². The van der Waals surface area contributed by atoms with E-state index in [0.29, 0.717) is 45.6 Å². The van der Waals surface area contributed by atoms with Crippen molar-refractivity contribution in [2.75, 3.05) is 26.3 Å². The van der Waals surface area contributed by atoms with E-state index in [9.17, 15) is 24.4 Å². The highest BCUT2D eigenvalue weighted by molar-refractivity contribution is 6.43. The Kier molecular flexibility index (Phi) is 10.1. The standard InChI is InChI=1S/C23H30BN5O6/c30-21(29-11-13-35-14-12-29)15-18(27-23(32)19-16-25-9-10-26-19)22(31)28-20(24(33)34)8-4-7-17-5-2-1-3-6-17/h1-3,5-6,9-10,16,18,20,33-34H,4,7-8,11-15H2,(H,27,32)(H,28,31). The molecule has 12 heteroatoms. The molecule has 4 N–H and O–H groups in total. The number of carbonyl (C=O) groups is 3. The van der Waals surface area contributed by atoms with Gasteiger partial charge in [-0.25, -0.2) is 4.98 Å². The Labute approximate surface area is 204 Å². The van der Waals surface area contributed by atoms with Crippen LogP contribution in [0.3, 0.4) is 0 Å². The van der Waals surface area contributed by atoms with Gasteiger partial charge in [-0.2, -0.15) is 0 Å². The molecule has 2 atom stereocenters. The Morgan fingerprint density at radius 2 is 1.83 bits per heavy atom. The summed E-state index contributed by atoms with van der Waals surface area (Å²) in [4.78, 5) is 47.8. The number of aromatic nitrogens is 2. The summed E-state index contributed by atoms with van der Waals surface area (Å²) < 4.78 is 5.26. The average Bonchev–Trinajstić information content (AvgIpc) is 2.89. The second-order valence-electron chi connectivity index (χ2n) is 8.22. The molecule has 2 unspecified atom stereocenters. The van der Waals surface area contributed by atoms with Gasteiger partial charge in [0, 0.05) is 25.5 Å². The molecule has 1 aliphatic rings. The van der Waals surface area contributed by atoms with Crippen LogP contribution in [0.5, 0.6) is 0 Å². The van der Waals surface area contributed by atoms with Crippen LogP contribution in [0.2, 0.25) is 0 Å². The third-order valence-corrected chi connectivity index (χ3v) is 5.67. The van der Waals surface area contributed by atoms with E-state index in [1.54, 1.807) is 4.90 Å². The molecule has 1 aromatic heterocycles. The largest absolute Gasteiger partial charge is 0.475 e. The molecule has 3 amide bonds. The van der Waals surface area contributed by atoms with Crippen molar-refractivity contribution in [3.05, 3.63) is 60.2 Å². The molecule has 11 nitrogen and oxygen atoms in total. The predicted molar refractivity (Wildman–Crippen MR) is 127 cm³/mol. The van der Waals surface area contributed by atoms with Crippen LogP contribution in [0, 0.1) is 0 Å². The molecule has 35 heavy (non-hydrogen) atoms. The highest BCUT2D eigenvalue weighted by Crippen LogP contribution is 2.09. The van der Waals surface area contributed by atoms with Gasteiger partial charge in [0.15, 0.2) is 0 Å². The molecular weight excluding hydrogens is 453 g/mol. The molecule has 2 aromatic rings. The van der Waals surface area contributed by atoms with Gasteiger partial charge in [0.2, 0.25) is 11.8 Å². The number of hydrogen-bond acceptors (Lipinski definition) is 8. The number of rotatable bonds is 11. The lowest BCUT2D eigenvalue weighted by Crippen LogP contribution is -2.55. The molecule has 1 aromatic carbocycles. The average molecular weight is 483 g/mol. The third-order valence-electron chi connectivity index (χ3n) is 5.67. The van der Waals surface area contributed by atoms with Crippen molar-refractivity contribution in [2.45, 2.75) is 37.7 Å². The number of ether oxygens (including phenoxy) is 1. The van der Waals surface area contributed by atoms with Gasteiger partial charge in [-0.15, -0.1) is 0 Å². The number of nitrogens with one attached hydrogen (secondary N) is 2. The molecular formula is C23H30BN5O6. The van der Waals surface area contributed by atoms with Crippen LogP contribution < -0.4 is 10.6 Å². The molecule has 1 saturated heterocycles. The summed E-state index contributed by atoms with van der Waals surface area (Å²) in [6, 6.07) is 8.46. The minimum atomic E-state index is -1.80. The zero-order valence-electron chi connectivity index (χ0n) is 19.4. The van der Waals surface area contributed by atoms with Gasteiger partial charge in [-0.1, -0.05) is 30.3 Å². The van der Waals surface area contributed by atoms with Crippen molar-refractivity contribution in [3.63, 3.8) is 0 Å². The molecule has 186 valence electrons. The van der Waals surface area contributed by atoms with Crippen LogP contribution in [-0.2, 0) is 20.7 Å². The van der Waals surface area contributed by atoms with E-state index in [2.05, 4.69) is 20.6 Å². The lowest BCUT2D eigenvalue weighted by Gasteiger charge is -2.29. The van der Waals surface area contributed by atoms with Crippen molar-refractivity contribution < 1.29 is 29.2 Å². The maximum absolute atomic E-state index is 13.1. The molecule has 0 spiro atoms. The minimum Gasteiger partial charge on any atom is -0.426 e.